The molecule has 0 amide bonds. The summed E-state index contributed by atoms with van der Waals surface area (Å²) in [5.41, 5.74) is 2.64. The van der Waals surface area contributed by atoms with E-state index in [9.17, 15) is 13.2 Å². The highest BCUT2D eigenvalue weighted by Crippen LogP contribution is 2.46. The zero-order chi connectivity index (χ0) is 20.7. The van der Waals surface area contributed by atoms with Crippen LogP contribution in [0.2, 0.25) is 0 Å². The van der Waals surface area contributed by atoms with Crippen LogP contribution in [0.1, 0.15) is 68.9 Å². The summed E-state index contributed by atoms with van der Waals surface area (Å²) in [7, 11) is -3.67. The van der Waals surface area contributed by atoms with Gasteiger partial charge in [-0.1, -0.05) is 33.8 Å². The molecule has 0 aromatic heterocycles. The smallest absolute Gasteiger partial charge is 0.338 e. The third-order valence-electron chi connectivity index (χ3n) is 5.81. The third-order valence-corrected chi connectivity index (χ3v) is 7.58. The van der Waals surface area contributed by atoms with Gasteiger partial charge in [0.1, 0.15) is 0 Å². The molecule has 0 heterocycles. The first-order valence-corrected chi connectivity index (χ1v) is 11.1. The third kappa shape index (κ3) is 3.60. The van der Waals surface area contributed by atoms with Crippen LogP contribution >= 0.6 is 0 Å². The maximum atomic E-state index is 13.2. The number of rotatable bonds is 4. The summed E-state index contributed by atoms with van der Waals surface area (Å²) in [4.78, 5) is 12.3. The zero-order valence-electron chi connectivity index (χ0n) is 17.2. The normalized spacial score (nSPS) is 17.6. The van der Waals surface area contributed by atoms with Gasteiger partial charge in [0.2, 0.25) is 9.84 Å². The molecular formula is C23H28O4S. The van der Waals surface area contributed by atoms with Crippen molar-refractivity contribution in [1.29, 1.82) is 0 Å². The molecule has 1 aliphatic rings. The fourth-order valence-electron chi connectivity index (χ4n) is 3.86. The Balaban J connectivity index is 2.03. The van der Waals surface area contributed by atoms with Gasteiger partial charge >= 0.3 is 5.97 Å². The minimum Gasteiger partial charge on any atom is -0.462 e. The van der Waals surface area contributed by atoms with Crippen LogP contribution < -0.4 is 0 Å². The SMILES string of the molecule is CCOC(=O)c1ccc(S(=O)(=O)c2ccc3c(c2)C(C)(C)CCC3(C)C)cc1. The Hall–Kier alpha value is -2.14. The van der Waals surface area contributed by atoms with E-state index in [0.29, 0.717) is 10.5 Å². The summed E-state index contributed by atoms with van der Waals surface area (Å²) < 4.78 is 31.3. The number of ether oxygens (including phenoxy) is 1. The van der Waals surface area contributed by atoms with Gasteiger partial charge in [0.25, 0.3) is 0 Å². The minimum absolute atomic E-state index is 0.0361. The lowest BCUT2D eigenvalue weighted by Crippen LogP contribution is -2.34. The summed E-state index contributed by atoms with van der Waals surface area (Å²) in [5.74, 6) is -0.454. The quantitative estimate of drug-likeness (QED) is 0.674. The van der Waals surface area contributed by atoms with Crippen LogP contribution in [0.3, 0.4) is 0 Å². The highest BCUT2D eigenvalue weighted by atomic mass is 32.2. The monoisotopic (exact) mass is 400 g/mol. The van der Waals surface area contributed by atoms with Gasteiger partial charge in [0.15, 0.2) is 0 Å². The van der Waals surface area contributed by atoms with Gasteiger partial charge in [0.05, 0.1) is 22.0 Å². The molecule has 5 heteroatoms. The largest absolute Gasteiger partial charge is 0.462 e. The lowest BCUT2D eigenvalue weighted by atomic mass is 9.63. The molecule has 0 saturated carbocycles. The van der Waals surface area contributed by atoms with Crippen molar-refractivity contribution in [3.63, 3.8) is 0 Å². The molecule has 0 unspecified atom stereocenters. The van der Waals surface area contributed by atoms with Crippen molar-refractivity contribution >= 4 is 15.8 Å². The second kappa shape index (κ2) is 7.03. The molecule has 3 rings (SSSR count). The first-order valence-electron chi connectivity index (χ1n) is 9.66. The second-order valence-electron chi connectivity index (χ2n) is 8.72. The number of hydrogen-bond donors (Lipinski definition) is 0. The van der Waals surface area contributed by atoms with E-state index >= 15 is 0 Å². The highest BCUT2D eigenvalue weighted by Gasteiger charge is 2.37. The van der Waals surface area contributed by atoms with Crippen molar-refractivity contribution in [3.05, 3.63) is 59.2 Å². The zero-order valence-corrected chi connectivity index (χ0v) is 18.0. The highest BCUT2D eigenvalue weighted by molar-refractivity contribution is 7.91. The van der Waals surface area contributed by atoms with E-state index in [1.807, 2.05) is 12.1 Å². The van der Waals surface area contributed by atoms with Crippen LogP contribution in [0.5, 0.6) is 0 Å². The Labute approximate surface area is 167 Å². The Bertz CT molecular complexity index is 999. The number of esters is 1. The predicted molar refractivity (Wildman–Crippen MR) is 110 cm³/mol. The Morgan fingerprint density at radius 1 is 0.893 bits per heavy atom. The van der Waals surface area contributed by atoms with Gasteiger partial charge in [-0.3, -0.25) is 0 Å². The molecule has 4 nitrogen and oxygen atoms in total. The molecule has 0 N–H and O–H groups in total. The Morgan fingerprint density at radius 2 is 1.43 bits per heavy atom. The summed E-state index contributed by atoms with van der Waals surface area (Å²) in [6, 6.07) is 11.4. The van der Waals surface area contributed by atoms with Crippen LogP contribution in [-0.4, -0.2) is 21.0 Å². The second-order valence-corrected chi connectivity index (χ2v) is 10.7. The van der Waals surface area contributed by atoms with Crippen LogP contribution in [0.4, 0.5) is 0 Å². The van der Waals surface area contributed by atoms with Crippen LogP contribution in [0.25, 0.3) is 0 Å². The molecule has 150 valence electrons. The van der Waals surface area contributed by atoms with E-state index in [4.69, 9.17) is 4.74 Å². The molecule has 2 aromatic rings. The fourth-order valence-corrected chi connectivity index (χ4v) is 5.14. The van der Waals surface area contributed by atoms with E-state index in [0.717, 1.165) is 18.4 Å². The molecule has 0 bridgehead atoms. The number of carbonyl (C=O) groups excluding carboxylic acids is 1. The van der Waals surface area contributed by atoms with Crippen molar-refractivity contribution in [2.24, 2.45) is 0 Å². The van der Waals surface area contributed by atoms with Crippen molar-refractivity contribution in [2.75, 3.05) is 6.61 Å². The number of hydrogen-bond acceptors (Lipinski definition) is 4. The summed E-state index contributed by atoms with van der Waals surface area (Å²) in [6.45, 7) is 10.8. The maximum absolute atomic E-state index is 13.2. The Kier molecular flexibility index (Phi) is 5.17. The lowest BCUT2D eigenvalue weighted by Gasteiger charge is -2.42. The van der Waals surface area contributed by atoms with Crippen molar-refractivity contribution in [1.82, 2.24) is 0 Å². The molecule has 2 aromatic carbocycles. The predicted octanol–water partition coefficient (Wildman–Crippen LogP) is 5.05. The molecule has 0 radical (unpaired) electrons. The van der Waals surface area contributed by atoms with Gasteiger partial charge in [-0.15, -0.1) is 0 Å². The topological polar surface area (TPSA) is 60.4 Å². The minimum atomic E-state index is -3.67. The Morgan fingerprint density at radius 3 is 2.00 bits per heavy atom. The van der Waals surface area contributed by atoms with Gasteiger partial charge in [-0.05, 0) is 78.1 Å². The average Bonchev–Trinajstić information content (AvgIpc) is 2.65. The molecule has 0 atom stereocenters. The standard InChI is InChI=1S/C23H28O4S/c1-6-27-21(24)16-7-9-17(10-8-16)28(25,26)18-11-12-19-20(15-18)23(4,5)14-13-22(19,2)3/h7-12,15H,6,13-14H2,1-5H3. The maximum Gasteiger partial charge on any atom is 0.338 e. The molecule has 0 spiro atoms. The van der Waals surface area contributed by atoms with Gasteiger partial charge in [-0.2, -0.15) is 0 Å². The van der Waals surface area contributed by atoms with Crippen LogP contribution in [0.15, 0.2) is 52.3 Å². The average molecular weight is 401 g/mol. The first kappa shape index (κ1) is 20.6. The van der Waals surface area contributed by atoms with Gasteiger partial charge in [0, 0.05) is 0 Å². The number of fused-ring (bicyclic) bond motifs is 1. The number of carbonyl (C=O) groups is 1. The lowest BCUT2D eigenvalue weighted by molar-refractivity contribution is 0.0526. The fraction of sp³-hybridized carbons (Fsp3) is 0.435. The van der Waals surface area contributed by atoms with Crippen LogP contribution in [0, 0.1) is 0 Å². The van der Waals surface area contributed by atoms with Crippen molar-refractivity contribution in [3.8, 4) is 0 Å². The summed E-state index contributed by atoms with van der Waals surface area (Å²) in [5, 5.41) is 0. The van der Waals surface area contributed by atoms with Crippen molar-refractivity contribution < 1.29 is 17.9 Å². The van der Waals surface area contributed by atoms with E-state index in [1.165, 1.54) is 29.8 Å². The number of benzene rings is 2. The van der Waals surface area contributed by atoms with Gasteiger partial charge in [-0.25, -0.2) is 13.2 Å². The molecule has 1 aliphatic carbocycles. The van der Waals surface area contributed by atoms with E-state index in [-0.39, 0.29) is 22.3 Å². The molecule has 0 saturated heterocycles. The molecule has 0 aliphatic heterocycles. The van der Waals surface area contributed by atoms with Gasteiger partial charge < -0.3 is 4.74 Å². The number of sulfone groups is 1. The van der Waals surface area contributed by atoms with E-state index < -0.39 is 15.8 Å². The van der Waals surface area contributed by atoms with E-state index in [1.54, 1.807) is 13.0 Å². The molecule has 0 fully saturated rings. The summed E-state index contributed by atoms with van der Waals surface area (Å²) in [6.07, 6.45) is 2.10. The van der Waals surface area contributed by atoms with Crippen molar-refractivity contribution in [2.45, 2.75) is 68.1 Å². The molecular weight excluding hydrogens is 372 g/mol. The van der Waals surface area contributed by atoms with Crippen LogP contribution in [-0.2, 0) is 25.4 Å². The summed E-state index contributed by atoms with van der Waals surface area (Å²) >= 11 is 0. The molecule has 28 heavy (non-hydrogen) atoms. The van der Waals surface area contributed by atoms with E-state index in [2.05, 4.69) is 27.7 Å². The first-order chi connectivity index (χ1) is 13.0.